The van der Waals surface area contributed by atoms with Crippen LogP contribution in [0.5, 0.6) is 5.75 Å². The molecule has 7 nitrogen and oxygen atoms in total. The van der Waals surface area contributed by atoms with Gasteiger partial charge >= 0.3 is 0 Å². The number of thioether (sulfide) groups is 1. The summed E-state index contributed by atoms with van der Waals surface area (Å²) in [7, 11) is -3.67. The highest BCUT2D eigenvalue weighted by molar-refractivity contribution is 8.03. The highest BCUT2D eigenvalue weighted by Crippen LogP contribution is 2.42. The summed E-state index contributed by atoms with van der Waals surface area (Å²) in [5.74, 6) is 5.02. The van der Waals surface area contributed by atoms with Gasteiger partial charge in [0.25, 0.3) is 0 Å². The molecule has 29 heavy (non-hydrogen) atoms. The van der Waals surface area contributed by atoms with Crippen LogP contribution >= 0.6 is 11.8 Å². The Morgan fingerprint density at radius 2 is 1.79 bits per heavy atom. The van der Waals surface area contributed by atoms with Crippen LogP contribution in [0.2, 0.25) is 0 Å². The van der Waals surface area contributed by atoms with Gasteiger partial charge in [0.15, 0.2) is 0 Å². The summed E-state index contributed by atoms with van der Waals surface area (Å²) < 4.78 is 28.1. The van der Waals surface area contributed by atoms with Gasteiger partial charge in [0.2, 0.25) is 10.0 Å². The Hall–Kier alpha value is -3.01. The van der Waals surface area contributed by atoms with Crippen molar-refractivity contribution in [2.75, 3.05) is 4.72 Å². The van der Waals surface area contributed by atoms with E-state index in [1.807, 2.05) is 6.07 Å². The Morgan fingerprint density at radius 1 is 1.14 bits per heavy atom. The Labute approximate surface area is 173 Å². The van der Waals surface area contributed by atoms with E-state index >= 15 is 0 Å². The van der Waals surface area contributed by atoms with E-state index in [0.29, 0.717) is 31.9 Å². The van der Waals surface area contributed by atoms with E-state index in [1.165, 1.54) is 6.34 Å². The van der Waals surface area contributed by atoms with Crippen LogP contribution in [0.4, 0.5) is 5.69 Å². The standard InChI is InChI=1S/C20H20N4O3S2/c1-14(22-13-23-21)28-19-11-18(16-9-5-6-10-17(16)20(19)25)24-29(26,27)12-15-7-3-2-4-8-15/h2-11,13,24-25H,1,12,21H2,(H,22,23). The number of hydrogen-bond donors (Lipinski definition) is 4. The first-order valence-corrected chi connectivity index (χ1v) is 11.0. The van der Waals surface area contributed by atoms with Crippen LogP contribution in [0.1, 0.15) is 5.56 Å². The first-order valence-electron chi connectivity index (χ1n) is 8.54. The minimum Gasteiger partial charge on any atom is -0.506 e. The highest BCUT2D eigenvalue weighted by Gasteiger charge is 2.17. The van der Waals surface area contributed by atoms with Gasteiger partial charge in [0, 0.05) is 10.8 Å². The summed E-state index contributed by atoms with van der Waals surface area (Å²) in [4.78, 5) is 4.39. The van der Waals surface area contributed by atoms with Crippen molar-refractivity contribution in [1.29, 1.82) is 0 Å². The lowest BCUT2D eigenvalue weighted by Gasteiger charge is -2.15. The van der Waals surface area contributed by atoms with Crippen molar-refractivity contribution in [2.45, 2.75) is 10.6 Å². The number of nitrogens with zero attached hydrogens (tertiary/aromatic N) is 1. The van der Waals surface area contributed by atoms with Crippen molar-refractivity contribution in [1.82, 2.24) is 5.43 Å². The number of sulfonamides is 1. The first kappa shape index (κ1) is 20.7. The molecule has 0 spiro atoms. The van der Waals surface area contributed by atoms with Gasteiger partial charge in [-0.1, -0.05) is 72.9 Å². The maximum absolute atomic E-state index is 12.7. The first-order chi connectivity index (χ1) is 13.9. The second-order valence-corrected chi connectivity index (χ2v) is 8.92. The lowest BCUT2D eigenvalue weighted by atomic mass is 10.1. The minimum absolute atomic E-state index is 0.0219. The van der Waals surface area contributed by atoms with Crippen molar-refractivity contribution >= 4 is 44.6 Å². The molecule has 0 unspecified atom stereocenters. The average Bonchev–Trinajstić information content (AvgIpc) is 2.70. The molecule has 0 bridgehead atoms. The molecule has 150 valence electrons. The Kier molecular flexibility index (Phi) is 6.42. The van der Waals surface area contributed by atoms with Gasteiger partial charge in [-0.05, 0) is 11.6 Å². The molecule has 3 aromatic rings. The summed E-state index contributed by atoms with van der Waals surface area (Å²) in [5, 5.41) is 12.1. The molecule has 9 heteroatoms. The van der Waals surface area contributed by atoms with Gasteiger partial charge < -0.3 is 10.5 Å². The van der Waals surface area contributed by atoms with Crippen LogP contribution in [0.15, 0.2) is 82.2 Å². The molecule has 0 heterocycles. The van der Waals surface area contributed by atoms with Crippen LogP contribution in [-0.2, 0) is 15.8 Å². The van der Waals surface area contributed by atoms with Crippen LogP contribution in [0, 0.1) is 0 Å². The molecule has 5 N–H and O–H groups in total. The molecular weight excluding hydrogens is 408 g/mol. The number of fused-ring (bicyclic) bond motifs is 1. The Balaban J connectivity index is 1.99. The number of phenols is 1. The van der Waals surface area contributed by atoms with Crippen LogP contribution in [-0.4, -0.2) is 19.9 Å². The van der Waals surface area contributed by atoms with E-state index in [0.717, 1.165) is 11.8 Å². The summed E-state index contributed by atoms with van der Waals surface area (Å²) >= 11 is 1.10. The molecule has 0 saturated heterocycles. The Bertz CT molecular complexity index is 1160. The second kappa shape index (κ2) is 8.99. The number of nitrogens with one attached hydrogen (secondary N) is 2. The van der Waals surface area contributed by atoms with E-state index < -0.39 is 10.0 Å². The van der Waals surface area contributed by atoms with Crippen LogP contribution in [0.25, 0.3) is 10.8 Å². The Morgan fingerprint density at radius 3 is 2.48 bits per heavy atom. The monoisotopic (exact) mass is 428 g/mol. The molecule has 0 radical (unpaired) electrons. The van der Waals surface area contributed by atoms with E-state index in [1.54, 1.807) is 54.6 Å². The number of hydrogen-bond acceptors (Lipinski definition) is 6. The number of aliphatic imine (C=N–C) groups is 1. The maximum atomic E-state index is 12.7. The smallest absolute Gasteiger partial charge is 0.236 e. The molecule has 3 aromatic carbocycles. The summed E-state index contributed by atoms with van der Waals surface area (Å²) in [6.45, 7) is 3.79. The fraction of sp³-hybridized carbons (Fsp3) is 0.0500. The zero-order valence-electron chi connectivity index (χ0n) is 15.4. The van der Waals surface area contributed by atoms with E-state index in [-0.39, 0.29) is 11.5 Å². The van der Waals surface area contributed by atoms with Crippen molar-refractivity contribution < 1.29 is 13.5 Å². The number of phenolic OH excluding ortho intramolecular Hbond substituents is 1. The quantitative estimate of drug-likeness (QED) is 0.109. The topological polar surface area (TPSA) is 117 Å². The fourth-order valence-electron chi connectivity index (χ4n) is 2.76. The van der Waals surface area contributed by atoms with Gasteiger partial charge in [-0.25, -0.2) is 19.3 Å². The van der Waals surface area contributed by atoms with Crippen molar-refractivity contribution in [3.63, 3.8) is 0 Å². The van der Waals surface area contributed by atoms with Crippen molar-refractivity contribution in [3.8, 4) is 5.75 Å². The number of anilines is 1. The highest BCUT2D eigenvalue weighted by atomic mass is 32.2. The number of aromatic hydroxyl groups is 1. The number of hydrazine groups is 1. The summed E-state index contributed by atoms with van der Waals surface area (Å²) in [6.07, 6.45) is 1.26. The lowest BCUT2D eigenvalue weighted by molar-refractivity contribution is 0.469. The molecule has 0 aliphatic carbocycles. The molecular formula is C20H20N4O3S2. The average molecular weight is 429 g/mol. The zero-order valence-corrected chi connectivity index (χ0v) is 17.0. The molecule has 0 saturated carbocycles. The van der Waals surface area contributed by atoms with Crippen molar-refractivity contribution in [2.24, 2.45) is 10.8 Å². The third kappa shape index (κ3) is 5.29. The van der Waals surface area contributed by atoms with Gasteiger partial charge in [-0.3, -0.25) is 4.72 Å². The maximum Gasteiger partial charge on any atom is 0.236 e. The number of nitrogens with two attached hydrogens (primary N) is 1. The van der Waals surface area contributed by atoms with Gasteiger partial charge in [0.1, 0.15) is 12.1 Å². The van der Waals surface area contributed by atoms with E-state index in [4.69, 9.17) is 5.84 Å². The molecule has 0 aliphatic heterocycles. The second-order valence-electron chi connectivity index (χ2n) is 6.08. The third-order valence-electron chi connectivity index (χ3n) is 3.96. The summed E-state index contributed by atoms with van der Waals surface area (Å²) in [5.41, 5.74) is 3.32. The van der Waals surface area contributed by atoms with Gasteiger partial charge in [0.05, 0.1) is 21.4 Å². The van der Waals surface area contributed by atoms with Crippen LogP contribution < -0.4 is 16.0 Å². The minimum atomic E-state index is -3.67. The van der Waals surface area contributed by atoms with E-state index in [2.05, 4.69) is 21.7 Å². The van der Waals surface area contributed by atoms with E-state index in [9.17, 15) is 13.5 Å². The van der Waals surface area contributed by atoms with Gasteiger partial charge in [-0.2, -0.15) is 0 Å². The fourth-order valence-corrected chi connectivity index (χ4v) is 4.71. The molecule has 0 aliphatic rings. The normalized spacial score (nSPS) is 11.6. The SMILES string of the molecule is C=C(N=CNN)Sc1cc(NS(=O)(=O)Cc2ccccc2)c2ccccc2c1O. The van der Waals surface area contributed by atoms with Crippen LogP contribution in [0.3, 0.4) is 0 Å². The zero-order chi connectivity index (χ0) is 20.9. The molecule has 3 rings (SSSR count). The molecule has 0 atom stereocenters. The largest absolute Gasteiger partial charge is 0.506 e. The number of rotatable bonds is 8. The molecule has 0 amide bonds. The predicted molar refractivity (Wildman–Crippen MR) is 119 cm³/mol. The lowest BCUT2D eigenvalue weighted by Crippen LogP contribution is -2.18. The van der Waals surface area contributed by atoms with Crippen molar-refractivity contribution in [3.05, 3.63) is 77.8 Å². The summed E-state index contributed by atoms with van der Waals surface area (Å²) in [6, 6.07) is 17.5. The predicted octanol–water partition coefficient (Wildman–Crippen LogP) is 3.54. The number of benzene rings is 3. The molecule has 0 aromatic heterocycles. The molecule has 0 fully saturated rings. The van der Waals surface area contributed by atoms with Gasteiger partial charge in [-0.15, -0.1) is 0 Å². The third-order valence-corrected chi connectivity index (χ3v) is 6.07.